The first-order valence-corrected chi connectivity index (χ1v) is 10.5. The van der Waals surface area contributed by atoms with Gasteiger partial charge in [0.25, 0.3) is 5.89 Å². The van der Waals surface area contributed by atoms with Gasteiger partial charge in [0.1, 0.15) is 5.69 Å². The Morgan fingerprint density at radius 3 is 2.53 bits per heavy atom. The maximum Gasteiger partial charge on any atom is 0.435 e. The zero-order chi connectivity index (χ0) is 26.0. The highest BCUT2D eigenvalue weighted by Gasteiger charge is 2.36. The number of carboxylic acids is 1. The molecule has 0 aliphatic rings. The number of carboxylic acid groups (broad SMARTS) is 1. The second kappa shape index (κ2) is 9.62. The summed E-state index contributed by atoms with van der Waals surface area (Å²) in [6.45, 7) is 1.61. The molecule has 4 aromatic rings. The van der Waals surface area contributed by atoms with Crippen LogP contribution in [0.25, 0.3) is 28.7 Å². The Balaban J connectivity index is 1.76. The number of carbonyl (C=O) groups excluding carboxylic acids is 1. The van der Waals surface area contributed by atoms with Gasteiger partial charge in [-0.15, -0.1) is 10.2 Å². The third-order valence-electron chi connectivity index (χ3n) is 5.07. The molecule has 0 unspecified atom stereocenters. The molecule has 0 fully saturated rings. The standard InChI is InChI=1S/C23H19F3N6O4/c1-12(27)19(33)28-11-13-5-4-6-14(9-13)32-17(10-18(31-32)23(24,25)26)21-30-29-20(36-21)15-7-2-3-8-16(15)22(34)35/h2-10,12H,11,27H2,1H3,(H,28,33)(H,34,35)/t12-/m0/s1. The smallest absolute Gasteiger partial charge is 0.435 e. The molecule has 4 N–H and O–H groups in total. The van der Waals surface area contributed by atoms with Crippen LogP contribution < -0.4 is 11.1 Å². The minimum atomic E-state index is -4.76. The minimum Gasteiger partial charge on any atom is -0.478 e. The van der Waals surface area contributed by atoms with Crippen molar-refractivity contribution in [1.29, 1.82) is 0 Å². The largest absolute Gasteiger partial charge is 0.478 e. The molecule has 0 saturated heterocycles. The van der Waals surface area contributed by atoms with Gasteiger partial charge in [-0.25, -0.2) is 9.48 Å². The van der Waals surface area contributed by atoms with E-state index >= 15 is 0 Å². The molecule has 4 rings (SSSR count). The number of alkyl halides is 3. The first-order valence-electron chi connectivity index (χ1n) is 10.5. The maximum atomic E-state index is 13.5. The van der Waals surface area contributed by atoms with Crippen LogP contribution in [0, 0.1) is 0 Å². The number of hydrogen-bond acceptors (Lipinski definition) is 7. The highest BCUT2D eigenvalue weighted by Crippen LogP contribution is 2.34. The fraction of sp³-hybridized carbons (Fsp3) is 0.174. The maximum absolute atomic E-state index is 13.5. The number of halogens is 3. The van der Waals surface area contributed by atoms with Gasteiger partial charge in [0.15, 0.2) is 5.69 Å². The van der Waals surface area contributed by atoms with E-state index in [-0.39, 0.29) is 46.7 Å². The fourth-order valence-electron chi connectivity index (χ4n) is 3.31. The van der Waals surface area contributed by atoms with E-state index in [4.69, 9.17) is 10.2 Å². The van der Waals surface area contributed by atoms with Gasteiger partial charge in [0.05, 0.1) is 22.9 Å². The van der Waals surface area contributed by atoms with Gasteiger partial charge in [0, 0.05) is 12.6 Å². The van der Waals surface area contributed by atoms with E-state index in [0.717, 1.165) is 10.7 Å². The van der Waals surface area contributed by atoms with Gasteiger partial charge in [0.2, 0.25) is 11.8 Å². The van der Waals surface area contributed by atoms with Gasteiger partial charge < -0.3 is 20.6 Å². The number of hydrogen-bond donors (Lipinski definition) is 3. The van der Waals surface area contributed by atoms with Crippen LogP contribution in [0.15, 0.2) is 59.0 Å². The molecular formula is C23H19F3N6O4. The first kappa shape index (κ1) is 24.6. The van der Waals surface area contributed by atoms with Gasteiger partial charge >= 0.3 is 12.1 Å². The Morgan fingerprint density at radius 1 is 1.11 bits per heavy atom. The molecule has 10 nitrogen and oxygen atoms in total. The first-order chi connectivity index (χ1) is 17.0. The molecule has 0 aliphatic heterocycles. The van der Waals surface area contributed by atoms with E-state index in [1.54, 1.807) is 18.2 Å². The number of benzene rings is 2. The molecule has 2 aromatic heterocycles. The molecule has 186 valence electrons. The van der Waals surface area contributed by atoms with E-state index in [2.05, 4.69) is 20.6 Å². The summed E-state index contributed by atoms with van der Waals surface area (Å²) in [5.74, 6) is -2.11. The average Bonchev–Trinajstić information content (AvgIpc) is 3.50. The molecule has 13 heteroatoms. The van der Waals surface area contributed by atoms with Crippen LogP contribution in [0.4, 0.5) is 13.2 Å². The Labute approximate surface area is 201 Å². The second-order valence-corrected chi connectivity index (χ2v) is 7.76. The van der Waals surface area contributed by atoms with E-state index in [9.17, 15) is 27.9 Å². The summed E-state index contributed by atoms with van der Waals surface area (Å²) in [5.41, 5.74) is 4.99. The summed E-state index contributed by atoms with van der Waals surface area (Å²) in [5, 5.41) is 23.4. The molecule has 0 bridgehead atoms. The summed E-state index contributed by atoms with van der Waals surface area (Å²) in [4.78, 5) is 23.3. The van der Waals surface area contributed by atoms with Crippen LogP contribution in [0.2, 0.25) is 0 Å². The lowest BCUT2D eigenvalue weighted by Crippen LogP contribution is -2.37. The van der Waals surface area contributed by atoms with Crippen molar-refractivity contribution >= 4 is 11.9 Å². The van der Waals surface area contributed by atoms with Crippen LogP contribution in [0.1, 0.15) is 28.5 Å². The molecule has 0 aliphatic carbocycles. The highest BCUT2D eigenvalue weighted by atomic mass is 19.4. The van der Waals surface area contributed by atoms with Crippen molar-refractivity contribution in [2.24, 2.45) is 5.73 Å². The van der Waals surface area contributed by atoms with Crippen LogP contribution in [0.5, 0.6) is 0 Å². The number of rotatable bonds is 7. The van der Waals surface area contributed by atoms with Crippen molar-refractivity contribution in [3.8, 4) is 28.7 Å². The van der Waals surface area contributed by atoms with Crippen LogP contribution in [-0.4, -0.2) is 43.0 Å². The summed E-state index contributed by atoms with van der Waals surface area (Å²) >= 11 is 0. The van der Waals surface area contributed by atoms with E-state index < -0.39 is 23.9 Å². The fourth-order valence-corrected chi connectivity index (χ4v) is 3.31. The van der Waals surface area contributed by atoms with E-state index in [1.165, 1.54) is 37.3 Å². The number of nitrogens with two attached hydrogens (primary N) is 1. The summed E-state index contributed by atoms with van der Waals surface area (Å²) in [6.07, 6.45) is -4.76. The predicted molar refractivity (Wildman–Crippen MR) is 120 cm³/mol. The lowest BCUT2D eigenvalue weighted by atomic mass is 10.1. The quantitative estimate of drug-likeness (QED) is 0.350. The topological polar surface area (TPSA) is 149 Å². The lowest BCUT2D eigenvalue weighted by Gasteiger charge is -2.10. The van der Waals surface area contributed by atoms with Crippen LogP contribution in [0.3, 0.4) is 0 Å². The van der Waals surface area contributed by atoms with Crippen molar-refractivity contribution in [3.05, 3.63) is 71.4 Å². The molecule has 0 radical (unpaired) electrons. The number of nitrogens with zero attached hydrogens (tertiary/aromatic N) is 4. The van der Waals surface area contributed by atoms with Crippen molar-refractivity contribution in [2.75, 3.05) is 0 Å². The third kappa shape index (κ3) is 5.10. The average molecular weight is 500 g/mol. The number of carbonyl (C=O) groups is 2. The lowest BCUT2D eigenvalue weighted by molar-refractivity contribution is -0.141. The number of nitrogens with one attached hydrogen (secondary N) is 1. The summed E-state index contributed by atoms with van der Waals surface area (Å²) in [7, 11) is 0. The summed E-state index contributed by atoms with van der Waals surface area (Å²) < 4.78 is 47.1. The third-order valence-corrected chi connectivity index (χ3v) is 5.07. The van der Waals surface area contributed by atoms with Gasteiger partial charge in [-0.2, -0.15) is 18.3 Å². The van der Waals surface area contributed by atoms with E-state index in [1.807, 2.05) is 0 Å². The molecule has 2 aromatic carbocycles. The monoisotopic (exact) mass is 500 g/mol. The van der Waals surface area contributed by atoms with Crippen LogP contribution >= 0.6 is 0 Å². The number of aromatic carboxylic acids is 1. The predicted octanol–water partition coefficient (Wildman–Crippen LogP) is 3.27. The Morgan fingerprint density at radius 2 is 1.83 bits per heavy atom. The van der Waals surface area contributed by atoms with Gasteiger partial charge in [-0.3, -0.25) is 4.79 Å². The molecule has 2 heterocycles. The second-order valence-electron chi connectivity index (χ2n) is 7.76. The van der Waals surface area contributed by atoms with Gasteiger partial charge in [-0.1, -0.05) is 24.3 Å². The SMILES string of the molecule is C[C@H](N)C(=O)NCc1cccc(-n2nc(C(F)(F)F)cc2-c2nnc(-c3ccccc3C(=O)O)o2)c1. The molecule has 1 atom stereocenters. The Bertz CT molecular complexity index is 1430. The van der Waals surface area contributed by atoms with E-state index in [0.29, 0.717) is 5.56 Å². The van der Waals surface area contributed by atoms with Crippen molar-refractivity contribution < 1.29 is 32.3 Å². The number of aromatic nitrogens is 4. The highest BCUT2D eigenvalue weighted by molar-refractivity contribution is 5.94. The normalized spacial score (nSPS) is 12.4. The molecular weight excluding hydrogens is 481 g/mol. The zero-order valence-electron chi connectivity index (χ0n) is 18.7. The molecule has 36 heavy (non-hydrogen) atoms. The zero-order valence-corrected chi connectivity index (χ0v) is 18.7. The molecule has 1 amide bonds. The van der Waals surface area contributed by atoms with Crippen LogP contribution in [-0.2, 0) is 17.5 Å². The van der Waals surface area contributed by atoms with Crippen molar-refractivity contribution in [3.63, 3.8) is 0 Å². The molecule has 0 spiro atoms. The van der Waals surface area contributed by atoms with Crippen molar-refractivity contribution in [2.45, 2.75) is 25.7 Å². The number of amides is 1. The Kier molecular flexibility index (Phi) is 6.57. The van der Waals surface area contributed by atoms with Crippen molar-refractivity contribution in [1.82, 2.24) is 25.3 Å². The summed E-state index contributed by atoms with van der Waals surface area (Å²) in [6, 6.07) is 12.2. The Hall–Kier alpha value is -4.52. The minimum absolute atomic E-state index is 0.0909. The van der Waals surface area contributed by atoms with Gasteiger partial charge in [-0.05, 0) is 36.8 Å². The molecule has 0 saturated carbocycles.